The molecule has 0 aliphatic rings. The first-order valence-electron chi connectivity index (χ1n) is 10.0. The zero-order valence-corrected chi connectivity index (χ0v) is 18.6. The monoisotopic (exact) mass is 496 g/mol. The van der Waals surface area contributed by atoms with Crippen LogP contribution in [-0.2, 0) is 16.6 Å². The Hall–Kier alpha value is -4.65. The fourth-order valence-electron chi connectivity index (χ4n) is 3.06. The maximum absolute atomic E-state index is 14.0. The Bertz CT molecular complexity index is 1600. The van der Waals surface area contributed by atoms with E-state index in [9.17, 15) is 27.2 Å². The van der Waals surface area contributed by atoms with E-state index in [1.807, 2.05) is 0 Å². The van der Waals surface area contributed by atoms with E-state index in [0.717, 1.165) is 6.20 Å². The van der Waals surface area contributed by atoms with Crippen LogP contribution in [0.25, 0.3) is 0 Å². The smallest absolute Gasteiger partial charge is 0.322 e. The summed E-state index contributed by atoms with van der Waals surface area (Å²) in [5.41, 5.74) is -1.82. The lowest BCUT2D eigenvalue weighted by atomic mass is 10.2. The van der Waals surface area contributed by atoms with Gasteiger partial charge in [-0.3, -0.25) is 14.2 Å². The van der Waals surface area contributed by atoms with E-state index in [1.165, 1.54) is 60.9 Å². The van der Waals surface area contributed by atoms with Gasteiger partial charge in [0.1, 0.15) is 11.4 Å². The number of sulfonamides is 1. The van der Waals surface area contributed by atoms with E-state index in [2.05, 4.69) is 25.0 Å². The number of carbonyl (C=O) groups excluding carboxylic acids is 1. The molecule has 0 unspecified atom stereocenters. The summed E-state index contributed by atoms with van der Waals surface area (Å²) < 4.78 is 41.8. The van der Waals surface area contributed by atoms with Gasteiger partial charge in [0, 0.05) is 29.8 Å². The van der Waals surface area contributed by atoms with Gasteiger partial charge in [0.25, 0.3) is 21.5 Å². The number of rotatable bonds is 7. The number of hydrogen-bond donors (Lipinski definition) is 3. The largest absolute Gasteiger partial charge is 0.328 e. The number of nitrogens with zero attached hydrogens (tertiary/aromatic N) is 3. The molecule has 3 N–H and O–H groups in total. The normalized spacial score (nSPS) is 11.1. The van der Waals surface area contributed by atoms with Gasteiger partial charge in [-0.25, -0.2) is 32.3 Å². The molecule has 2 aromatic heterocycles. The standard InChI is InChI=1S/C22H17FN6O5S/c23-18-5-2-1-4-14(18)13-29-20(31)17(12-26-22(29)32)19(30)27-15-6-8-16(9-7-15)35(33,34)28-21-24-10-3-11-25-21/h1-12H,13H2,(H,26,32)(H,27,30)(H,24,25,28). The van der Waals surface area contributed by atoms with Crippen LogP contribution in [0.4, 0.5) is 16.0 Å². The van der Waals surface area contributed by atoms with Gasteiger partial charge >= 0.3 is 5.69 Å². The Labute approximate surface area is 197 Å². The lowest BCUT2D eigenvalue weighted by Crippen LogP contribution is -2.39. The van der Waals surface area contributed by atoms with Crippen LogP contribution in [-0.4, -0.2) is 33.8 Å². The van der Waals surface area contributed by atoms with E-state index >= 15 is 0 Å². The van der Waals surface area contributed by atoms with E-state index in [-0.39, 0.29) is 34.2 Å². The summed E-state index contributed by atoms with van der Waals surface area (Å²) in [6.45, 7) is -0.368. The van der Waals surface area contributed by atoms with Crippen molar-refractivity contribution >= 4 is 27.6 Å². The highest BCUT2D eigenvalue weighted by atomic mass is 32.2. The quantitative estimate of drug-likeness (QED) is 0.351. The number of halogens is 1. The maximum Gasteiger partial charge on any atom is 0.328 e. The van der Waals surface area contributed by atoms with Crippen LogP contribution in [0.3, 0.4) is 0 Å². The van der Waals surface area contributed by atoms with Crippen molar-refractivity contribution in [2.24, 2.45) is 0 Å². The second kappa shape index (κ2) is 9.69. The molecule has 0 radical (unpaired) electrons. The number of H-pyrrole nitrogens is 1. The third kappa shape index (κ3) is 5.30. The molecule has 0 spiro atoms. The molecule has 1 amide bonds. The van der Waals surface area contributed by atoms with Gasteiger partial charge in [0.15, 0.2) is 0 Å². The van der Waals surface area contributed by atoms with Crippen molar-refractivity contribution in [1.29, 1.82) is 0 Å². The van der Waals surface area contributed by atoms with Crippen molar-refractivity contribution in [2.45, 2.75) is 11.4 Å². The maximum atomic E-state index is 14.0. The number of benzene rings is 2. The van der Waals surface area contributed by atoms with Gasteiger partial charge in [0.2, 0.25) is 5.95 Å². The third-order valence-corrected chi connectivity index (χ3v) is 6.15. The summed E-state index contributed by atoms with van der Waals surface area (Å²) in [4.78, 5) is 47.3. The first kappa shape index (κ1) is 23.5. The zero-order chi connectivity index (χ0) is 25.0. The Morgan fingerprint density at radius 3 is 2.37 bits per heavy atom. The second-order valence-corrected chi connectivity index (χ2v) is 8.83. The summed E-state index contributed by atoms with van der Waals surface area (Å²) in [5, 5.41) is 2.46. The van der Waals surface area contributed by atoms with Crippen LogP contribution in [0.15, 0.2) is 87.7 Å². The number of aromatic amines is 1. The van der Waals surface area contributed by atoms with E-state index in [1.54, 1.807) is 6.07 Å². The van der Waals surface area contributed by atoms with Crippen LogP contribution >= 0.6 is 0 Å². The molecule has 0 fully saturated rings. The second-order valence-electron chi connectivity index (χ2n) is 7.15. The average molecular weight is 496 g/mol. The third-order valence-electron chi connectivity index (χ3n) is 4.81. The highest BCUT2D eigenvalue weighted by Gasteiger charge is 2.18. The van der Waals surface area contributed by atoms with E-state index in [0.29, 0.717) is 4.57 Å². The topological polar surface area (TPSA) is 156 Å². The molecule has 0 atom stereocenters. The predicted molar refractivity (Wildman–Crippen MR) is 124 cm³/mol. The summed E-state index contributed by atoms with van der Waals surface area (Å²) in [5.74, 6) is -1.55. The molecule has 0 bridgehead atoms. The lowest BCUT2D eigenvalue weighted by molar-refractivity contribution is 0.102. The summed E-state index contributed by atoms with van der Waals surface area (Å²) in [7, 11) is -3.97. The minimum Gasteiger partial charge on any atom is -0.322 e. The zero-order valence-electron chi connectivity index (χ0n) is 17.8. The lowest BCUT2D eigenvalue weighted by Gasteiger charge is -2.10. The Morgan fingerprint density at radius 2 is 1.69 bits per heavy atom. The molecule has 2 heterocycles. The van der Waals surface area contributed by atoms with Gasteiger partial charge in [-0.1, -0.05) is 18.2 Å². The molecular weight excluding hydrogens is 479 g/mol. The number of aromatic nitrogens is 4. The van der Waals surface area contributed by atoms with Crippen LogP contribution in [0.5, 0.6) is 0 Å². The number of anilines is 2. The van der Waals surface area contributed by atoms with Crippen molar-refractivity contribution in [2.75, 3.05) is 10.0 Å². The van der Waals surface area contributed by atoms with E-state index < -0.39 is 33.0 Å². The highest BCUT2D eigenvalue weighted by molar-refractivity contribution is 7.92. The number of hydrogen-bond acceptors (Lipinski definition) is 7. The molecule has 0 aliphatic heterocycles. The summed E-state index contributed by atoms with van der Waals surface area (Å²) >= 11 is 0. The number of amides is 1. The van der Waals surface area contributed by atoms with Crippen molar-refractivity contribution in [3.63, 3.8) is 0 Å². The van der Waals surface area contributed by atoms with Gasteiger partial charge in [-0.15, -0.1) is 0 Å². The van der Waals surface area contributed by atoms with Crippen LogP contribution in [0.2, 0.25) is 0 Å². The fourth-order valence-corrected chi connectivity index (χ4v) is 4.02. The van der Waals surface area contributed by atoms with Crippen molar-refractivity contribution in [1.82, 2.24) is 19.5 Å². The van der Waals surface area contributed by atoms with E-state index in [4.69, 9.17) is 0 Å². The number of carbonyl (C=O) groups is 1. The minimum absolute atomic E-state index is 0.101. The van der Waals surface area contributed by atoms with Gasteiger partial charge in [-0.2, -0.15) is 0 Å². The molecule has 178 valence electrons. The molecule has 11 nitrogen and oxygen atoms in total. The van der Waals surface area contributed by atoms with Crippen LogP contribution in [0.1, 0.15) is 15.9 Å². The molecule has 0 saturated heterocycles. The van der Waals surface area contributed by atoms with Gasteiger partial charge < -0.3 is 10.3 Å². The van der Waals surface area contributed by atoms with Gasteiger partial charge in [0.05, 0.1) is 11.4 Å². The van der Waals surface area contributed by atoms with Crippen molar-refractivity contribution in [3.8, 4) is 0 Å². The average Bonchev–Trinajstić information content (AvgIpc) is 2.83. The first-order valence-corrected chi connectivity index (χ1v) is 11.5. The SMILES string of the molecule is O=C(Nc1ccc(S(=O)(=O)Nc2ncccn2)cc1)c1c[nH]c(=O)n(Cc2ccccc2F)c1=O. The Balaban J connectivity index is 1.53. The molecule has 13 heteroatoms. The molecular formula is C22H17FN6O5S. The fraction of sp³-hybridized carbons (Fsp3) is 0.0455. The predicted octanol–water partition coefficient (Wildman–Crippen LogP) is 1.57. The minimum atomic E-state index is -3.97. The number of nitrogens with one attached hydrogen (secondary N) is 3. The summed E-state index contributed by atoms with van der Waals surface area (Å²) in [6.07, 6.45) is 3.72. The molecule has 2 aromatic carbocycles. The van der Waals surface area contributed by atoms with Crippen molar-refractivity contribution in [3.05, 3.63) is 111 Å². The van der Waals surface area contributed by atoms with Crippen LogP contribution < -0.4 is 21.3 Å². The van der Waals surface area contributed by atoms with Crippen molar-refractivity contribution < 1.29 is 17.6 Å². The first-order chi connectivity index (χ1) is 16.7. The summed E-state index contributed by atoms with van der Waals surface area (Å²) in [6, 6.07) is 12.3. The molecule has 4 rings (SSSR count). The van der Waals surface area contributed by atoms with Gasteiger partial charge in [-0.05, 0) is 36.4 Å². The molecule has 35 heavy (non-hydrogen) atoms. The van der Waals surface area contributed by atoms with Crippen LogP contribution in [0, 0.1) is 5.82 Å². The molecule has 4 aromatic rings. The molecule has 0 saturated carbocycles. The Morgan fingerprint density at radius 1 is 1.00 bits per heavy atom. The molecule has 0 aliphatic carbocycles. The highest BCUT2D eigenvalue weighted by Crippen LogP contribution is 2.17. The Kier molecular flexibility index (Phi) is 6.51.